The molecule has 0 spiro atoms. The third-order valence-electron chi connectivity index (χ3n) is 3.51. The molecular formula is C17H14ClN3O. The highest BCUT2D eigenvalue weighted by Crippen LogP contribution is 2.24. The summed E-state index contributed by atoms with van der Waals surface area (Å²) >= 11 is 6.08. The lowest BCUT2D eigenvalue weighted by atomic mass is 10.1. The van der Waals surface area contributed by atoms with Crippen LogP contribution in [0.15, 0.2) is 54.7 Å². The predicted molar refractivity (Wildman–Crippen MR) is 87.6 cm³/mol. The number of rotatable bonds is 3. The fourth-order valence-electron chi connectivity index (χ4n) is 2.32. The molecule has 2 N–H and O–H groups in total. The minimum Gasteiger partial charge on any atom is -0.383 e. The molecule has 3 rings (SSSR count). The molecule has 0 unspecified atom stereocenters. The van der Waals surface area contributed by atoms with Crippen molar-refractivity contribution in [3.63, 3.8) is 0 Å². The molecule has 3 aromatic rings. The number of nitrogen functional groups attached to an aromatic ring is 1. The normalized spacial score (nSPS) is 10.6. The molecule has 0 saturated carbocycles. The van der Waals surface area contributed by atoms with Crippen LogP contribution in [0.2, 0.25) is 5.02 Å². The van der Waals surface area contributed by atoms with E-state index < -0.39 is 0 Å². The first-order valence-electron chi connectivity index (χ1n) is 6.78. The Morgan fingerprint density at radius 2 is 1.77 bits per heavy atom. The monoisotopic (exact) mass is 311 g/mol. The minimum atomic E-state index is -0.233. The van der Waals surface area contributed by atoms with Gasteiger partial charge in [0.15, 0.2) is 5.78 Å². The van der Waals surface area contributed by atoms with Crippen LogP contribution in [0.25, 0.3) is 5.69 Å². The number of carbonyl (C=O) groups is 1. The maximum atomic E-state index is 12.6. The second kappa shape index (κ2) is 5.66. The Labute approximate surface area is 133 Å². The number of aryl methyl sites for hydroxylation is 1. The van der Waals surface area contributed by atoms with Crippen LogP contribution >= 0.6 is 11.6 Å². The molecular weight excluding hydrogens is 298 g/mol. The highest BCUT2D eigenvalue weighted by Gasteiger charge is 2.19. The van der Waals surface area contributed by atoms with Gasteiger partial charge in [-0.05, 0) is 30.7 Å². The van der Waals surface area contributed by atoms with Crippen molar-refractivity contribution in [2.45, 2.75) is 6.92 Å². The first kappa shape index (κ1) is 14.4. The maximum absolute atomic E-state index is 12.6. The molecule has 2 aromatic carbocycles. The fourth-order valence-corrected chi connectivity index (χ4v) is 2.54. The lowest BCUT2D eigenvalue weighted by Crippen LogP contribution is -2.08. The summed E-state index contributed by atoms with van der Waals surface area (Å²) in [6.45, 7) is 1.96. The third-order valence-corrected chi connectivity index (χ3v) is 3.84. The molecule has 0 saturated heterocycles. The number of anilines is 1. The second-order valence-electron chi connectivity index (χ2n) is 4.95. The van der Waals surface area contributed by atoms with E-state index in [4.69, 9.17) is 17.3 Å². The molecule has 1 heterocycles. The van der Waals surface area contributed by atoms with Gasteiger partial charge in [-0.3, -0.25) is 4.79 Å². The zero-order valence-electron chi connectivity index (χ0n) is 12.0. The molecule has 22 heavy (non-hydrogen) atoms. The Bertz CT molecular complexity index is 855. The van der Waals surface area contributed by atoms with E-state index in [1.54, 1.807) is 28.9 Å². The van der Waals surface area contributed by atoms with Gasteiger partial charge in [0.25, 0.3) is 0 Å². The standard InChI is InChI=1S/C17H14ClN3O/c1-11-6-2-5-9-15(11)21-17(19)13(10-20-21)16(22)12-7-3-4-8-14(12)18/h2-10H,19H2,1H3. The van der Waals surface area contributed by atoms with Gasteiger partial charge >= 0.3 is 0 Å². The van der Waals surface area contributed by atoms with Crippen LogP contribution in [0.3, 0.4) is 0 Å². The summed E-state index contributed by atoms with van der Waals surface area (Å²) < 4.78 is 1.57. The first-order chi connectivity index (χ1) is 10.6. The maximum Gasteiger partial charge on any atom is 0.199 e. The van der Waals surface area contributed by atoms with Gasteiger partial charge in [-0.1, -0.05) is 41.9 Å². The van der Waals surface area contributed by atoms with Gasteiger partial charge in [-0.2, -0.15) is 5.10 Å². The topological polar surface area (TPSA) is 60.9 Å². The summed E-state index contributed by atoms with van der Waals surface area (Å²) in [6.07, 6.45) is 1.48. The van der Waals surface area contributed by atoms with Crippen LogP contribution in [0.1, 0.15) is 21.5 Å². The Hall–Kier alpha value is -2.59. The smallest absolute Gasteiger partial charge is 0.199 e. The average Bonchev–Trinajstić information content (AvgIpc) is 2.89. The Morgan fingerprint density at radius 1 is 1.09 bits per heavy atom. The van der Waals surface area contributed by atoms with Gasteiger partial charge in [-0.25, -0.2) is 4.68 Å². The summed E-state index contributed by atoms with van der Waals surface area (Å²) in [7, 11) is 0. The molecule has 0 aliphatic heterocycles. The summed E-state index contributed by atoms with van der Waals surface area (Å²) in [5.41, 5.74) is 8.76. The van der Waals surface area contributed by atoms with E-state index in [9.17, 15) is 4.79 Å². The lowest BCUT2D eigenvalue weighted by Gasteiger charge is -2.08. The lowest BCUT2D eigenvalue weighted by molar-refractivity contribution is 0.103. The van der Waals surface area contributed by atoms with E-state index in [1.165, 1.54) is 6.20 Å². The van der Waals surface area contributed by atoms with Crippen LogP contribution in [0.5, 0.6) is 0 Å². The van der Waals surface area contributed by atoms with E-state index in [0.717, 1.165) is 11.3 Å². The van der Waals surface area contributed by atoms with Crippen molar-refractivity contribution in [2.24, 2.45) is 0 Å². The number of hydrogen-bond acceptors (Lipinski definition) is 3. The summed E-state index contributed by atoms with van der Waals surface area (Å²) in [5.74, 6) is 0.0714. The quantitative estimate of drug-likeness (QED) is 0.751. The number of ketones is 1. The van der Waals surface area contributed by atoms with Gasteiger partial charge in [0.2, 0.25) is 0 Å². The Balaban J connectivity index is 2.07. The van der Waals surface area contributed by atoms with Crippen molar-refractivity contribution < 1.29 is 4.79 Å². The Morgan fingerprint density at radius 3 is 2.50 bits per heavy atom. The van der Waals surface area contributed by atoms with Crippen molar-refractivity contribution in [3.8, 4) is 5.69 Å². The van der Waals surface area contributed by atoms with Gasteiger partial charge in [0, 0.05) is 5.56 Å². The van der Waals surface area contributed by atoms with E-state index >= 15 is 0 Å². The van der Waals surface area contributed by atoms with Gasteiger partial charge in [0.05, 0.1) is 22.5 Å². The molecule has 0 bridgehead atoms. The van der Waals surface area contributed by atoms with Crippen molar-refractivity contribution >= 4 is 23.2 Å². The van der Waals surface area contributed by atoms with Crippen molar-refractivity contribution in [1.29, 1.82) is 0 Å². The number of halogens is 1. The number of nitrogens with zero attached hydrogens (tertiary/aromatic N) is 2. The molecule has 0 aliphatic rings. The van der Waals surface area contributed by atoms with E-state index in [0.29, 0.717) is 22.0 Å². The molecule has 1 aromatic heterocycles. The molecule has 0 amide bonds. The molecule has 5 heteroatoms. The number of aromatic nitrogens is 2. The first-order valence-corrected chi connectivity index (χ1v) is 7.16. The second-order valence-corrected chi connectivity index (χ2v) is 5.36. The number of para-hydroxylation sites is 1. The van der Waals surface area contributed by atoms with E-state index in [-0.39, 0.29) is 5.78 Å². The van der Waals surface area contributed by atoms with E-state index in [1.807, 2.05) is 31.2 Å². The molecule has 110 valence electrons. The van der Waals surface area contributed by atoms with Crippen LogP contribution in [0.4, 0.5) is 5.82 Å². The van der Waals surface area contributed by atoms with E-state index in [2.05, 4.69) is 5.10 Å². The third kappa shape index (κ3) is 2.38. The van der Waals surface area contributed by atoms with Crippen molar-refractivity contribution in [1.82, 2.24) is 9.78 Å². The summed E-state index contributed by atoms with van der Waals surface area (Å²) in [4.78, 5) is 12.6. The fraction of sp³-hybridized carbons (Fsp3) is 0.0588. The van der Waals surface area contributed by atoms with Crippen molar-refractivity contribution in [3.05, 3.63) is 76.4 Å². The molecule has 0 atom stereocenters. The van der Waals surface area contributed by atoms with Crippen LogP contribution < -0.4 is 5.73 Å². The molecule has 0 fully saturated rings. The largest absolute Gasteiger partial charge is 0.383 e. The molecule has 4 nitrogen and oxygen atoms in total. The summed E-state index contributed by atoms with van der Waals surface area (Å²) in [6, 6.07) is 14.6. The Kier molecular flexibility index (Phi) is 3.69. The zero-order valence-corrected chi connectivity index (χ0v) is 12.7. The molecule has 0 aliphatic carbocycles. The van der Waals surface area contributed by atoms with Crippen molar-refractivity contribution in [2.75, 3.05) is 5.73 Å². The number of hydrogen-bond donors (Lipinski definition) is 1. The van der Waals surface area contributed by atoms with Gasteiger partial charge in [-0.15, -0.1) is 0 Å². The number of carbonyl (C=O) groups excluding carboxylic acids is 1. The number of benzene rings is 2. The van der Waals surface area contributed by atoms with Crippen LogP contribution in [-0.2, 0) is 0 Å². The highest BCUT2D eigenvalue weighted by molar-refractivity contribution is 6.35. The predicted octanol–water partition coefficient (Wildman–Crippen LogP) is 3.65. The minimum absolute atomic E-state index is 0.233. The zero-order chi connectivity index (χ0) is 15.7. The van der Waals surface area contributed by atoms with Crippen LogP contribution in [-0.4, -0.2) is 15.6 Å². The average molecular weight is 312 g/mol. The SMILES string of the molecule is Cc1ccccc1-n1ncc(C(=O)c2ccccc2Cl)c1N. The van der Waals surface area contributed by atoms with Gasteiger partial charge in [0.1, 0.15) is 5.82 Å². The van der Waals surface area contributed by atoms with Gasteiger partial charge < -0.3 is 5.73 Å². The molecule has 0 radical (unpaired) electrons. The number of nitrogens with two attached hydrogens (primary N) is 1. The summed E-state index contributed by atoms with van der Waals surface area (Å²) in [5, 5.41) is 4.65. The van der Waals surface area contributed by atoms with Crippen LogP contribution in [0, 0.1) is 6.92 Å². The highest BCUT2D eigenvalue weighted by atomic mass is 35.5.